The summed E-state index contributed by atoms with van der Waals surface area (Å²) in [5, 5.41) is 5.19. The van der Waals surface area contributed by atoms with E-state index in [2.05, 4.69) is 10.7 Å². The quantitative estimate of drug-likeness (QED) is 0.551. The van der Waals surface area contributed by atoms with E-state index < -0.39 is 30.3 Å². The van der Waals surface area contributed by atoms with Crippen LogP contribution in [-0.4, -0.2) is 59.1 Å². The number of nitrogens with one attached hydrogen (secondary N) is 2. The van der Waals surface area contributed by atoms with E-state index in [-0.39, 0.29) is 23.7 Å². The number of cyclic esters (lactones) is 1. The minimum atomic E-state index is -0.790. The van der Waals surface area contributed by atoms with Crippen molar-refractivity contribution in [2.45, 2.75) is 71.8 Å². The summed E-state index contributed by atoms with van der Waals surface area (Å²) in [4.78, 5) is 43.9. The summed E-state index contributed by atoms with van der Waals surface area (Å²) < 4.78 is 11.8. The van der Waals surface area contributed by atoms with Gasteiger partial charge in [-0.3, -0.25) is 19.4 Å². The summed E-state index contributed by atoms with van der Waals surface area (Å²) >= 11 is 0. The van der Waals surface area contributed by atoms with Gasteiger partial charge in [-0.2, -0.15) is 0 Å². The molecule has 2 aromatic rings. The highest BCUT2D eigenvalue weighted by atomic mass is 16.5. The van der Waals surface area contributed by atoms with E-state index >= 15 is 0 Å². The van der Waals surface area contributed by atoms with Gasteiger partial charge in [-0.1, -0.05) is 51.1 Å². The van der Waals surface area contributed by atoms with Crippen LogP contribution in [0.4, 0.5) is 0 Å². The van der Waals surface area contributed by atoms with Crippen LogP contribution in [0.3, 0.4) is 0 Å². The molecule has 0 aliphatic carbocycles. The first-order valence-corrected chi connectivity index (χ1v) is 13.4. The molecule has 0 radical (unpaired) electrons. The zero-order valence-corrected chi connectivity index (χ0v) is 22.8. The summed E-state index contributed by atoms with van der Waals surface area (Å²) in [6.07, 6.45) is 3.97. The normalized spacial score (nSPS) is 28.7. The van der Waals surface area contributed by atoms with Gasteiger partial charge in [0.1, 0.15) is 24.3 Å². The number of hydrazine groups is 1. The largest absolute Gasteiger partial charge is 0.455 e. The number of esters is 1. The summed E-state index contributed by atoms with van der Waals surface area (Å²) in [5.41, 5.74) is 5.45. The van der Waals surface area contributed by atoms with Crippen LogP contribution in [0, 0.1) is 11.8 Å². The molecule has 4 rings (SSSR count). The number of benzene rings is 1. The van der Waals surface area contributed by atoms with Crippen LogP contribution in [0.2, 0.25) is 0 Å². The van der Waals surface area contributed by atoms with Gasteiger partial charge in [-0.05, 0) is 56.2 Å². The molecule has 5 bridgehead atoms. The number of hydrogen-bond donors (Lipinski definition) is 2. The molecule has 38 heavy (non-hydrogen) atoms. The van der Waals surface area contributed by atoms with Gasteiger partial charge >= 0.3 is 5.97 Å². The SMILES string of the molecule is CC1/C=C/c2ccc3ccc(nc3c2)[C@@H](C)OC(=O)[C@@H]2CCCN(N2)C(=O)[C@H](C)NC(=O)[C@H](C(C)C)OC1. The molecule has 2 aliphatic heterocycles. The molecule has 2 N–H and O–H groups in total. The fourth-order valence-electron chi connectivity index (χ4n) is 4.66. The lowest BCUT2D eigenvalue weighted by atomic mass is 10.0. The number of aromatic nitrogens is 1. The summed E-state index contributed by atoms with van der Waals surface area (Å²) in [6, 6.07) is 8.41. The lowest BCUT2D eigenvalue weighted by Crippen LogP contribution is -2.60. The number of rotatable bonds is 1. The zero-order valence-electron chi connectivity index (χ0n) is 22.8. The second-order valence-corrected chi connectivity index (χ2v) is 10.6. The second kappa shape index (κ2) is 12.0. The highest BCUT2D eigenvalue weighted by Gasteiger charge is 2.33. The molecule has 2 aliphatic rings. The van der Waals surface area contributed by atoms with E-state index in [0.717, 1.165) is 16.5 Å². The van der Waals surface area contributed by atoms with Crippen molar-refractivity contribution in [3.63, 3.8) is 0 Å². The monoisotopic (exact) mass is 522 g/mol. The third kappa shape index (κ3) is 6.57. The third-order valence-electron chi connectivity index (χ3n) is 6.93. The molecular formula is C29H38N4O5. The molecule has 1 aromatic heterocycles. The van der Waals surface area contributed by atoms with Crippen LogP contribution >= 0.6 is 0 Å². The number of hydrogen-bond acceptors (Lipinski definition) is 7. The Bertz CT molecular complexity index is 1210. The van der Waals surface area contributed by atoms with Crippen LogP contribution in [0.1, 0.15) is 64.8 Å². The first kappa shape index (κ1) is 27.7. The summed E-state index contributed by atoms with van der Waals surface area (Å²) in [6.45, 7) is 10.1. The van der Waals surface area contributed by atoms with Gasteiger partial charge in [0.05, 0.1) is 17.8 Å². The highest BCUT2D eigenvalue weighted by molar-refractivity contribution is 5.89. The van der Waals surface area contributed by atoms with Gasteiger partial charge in [0, 0.05) is 11.9 Å². The van der Waals surface area contributed by atoms with Gasteiger partial charge in [-0.15, -0.1) is 0 Å². The maximum absolute atomic E-state index is 13.1. The Labute approximate surface area is 223 Å². The maximum atomic E-state index is 13.1. The Kier molecular flexibility index (Phi) is 8.79. The predicted molar refractivity (Wildman–Crippen MR) is 145 cm³/mol. The molecular weight excluding hydrogens is 484 g/mol. The van der Waals surface area contributed by atoms with Crippen molar-refractivity contribution in [2.24, 2.45) is 11.8 Å². The van der Waals surface area contributed by atoms with E-state index in [0.29, 0.717) is 31.7 Å². The molecule has 1 fully saturated rings. The average Bonchev–Trinajstić information content (AvgIpc) is 2.90. The van der Waals surface area contributed by atoms with Crippen LogP contribution in [-0.2, 0) is 23.9 Å². The Hall–Kier alpha value is -3.30. The molecule has 0 saturated carbocycles. The Morgan fingerprint density at radius 3 is 2.61 bits per heavy atom. The van der Waals surface area contributed by atoms with E-state index in [1.54, 1.807) is 13.8 Å². The number of amides is 2. The van der Waals surface area contributed by atoms with E-state index in [4.69, 9.17) is 14.5 Å². The molecule has 9 heteroatoms. The van der Waals surface area contributed by atoms with Gasteiger partial charge in [0.15, 0.2) is 0 Å². The predicted octanol–water partition coefficient (Wildman–Crippen LogP) is 3.54. The molecule has 9 nitrogen and oxygen atoms in total. The van der Waals surface area contributed by atoms with Crippen LogP contribution in [0.25, 0.3) is 17.0 Å². The number of ether oxygens (including phenoxy) is 2. The first-order valence-electron chi connectivity index (χ1n) is 13.4. The topological polar surface area (TPSA) is 110 Å². The number of nitrogens with zero attached hydrogens (tertiary/aromatic N) is 2. The zero-order chi connectivity index (χ0) is 27.4. The minimum Gasteiger partial charge on any atom is -0.455 e. The molecule has 204 valence electrons. The third-order valence-corrected chi connectivity index (χ3v) is 6.93. The van der Waals surface area contributed by atoms with Crippen molar-refractivity contribution >= 4 is 34.8 Å². The van der Waals surface area contributed by atoms with Crippen LogP contribution in [0.15, 0.2) is 36.4 Å². The Morgan fingerprint density at radius 2 is 1.84 bits per heavy atom. The fourth-order valence-corrected chi connectivity index (χ4v) is 4.66. The molecule has 1 unspecified atom stereocenters. The summed E-state index contributed by atoms with van der Waals surface area (Å²) in [5.74, 6) is -1.12. The highest BCUT2D eigenvalue weighted by Crippen LogP contribution is 2.23. The fraction of sp³-hybridized carbons (Fsp3) is 0.517. The Morgan fingerprint density at radius 1 is 1.08 bits per heavy atom. The molecule has 1 aromatic carbocycles. The van der Waals surface area contributed by atoms with Gasteiger partial charge in [0.2, 0.25) is 5.91 Å². The lowest BCUT2D eigenvalue weighted by molar-refractivity contribution is -0.157. The summed E-state index contributed by atoms with van der Waals surface area (Å²) in [7, 11) is 0. The minimum absolute atomic E-state index is 0.0566. The van der Waals surface area contributed by atoms with E-state index in [1.807, 2.05) is 63.3 Å². The van der Waals surface area contributed by atoms with Gasteiger partial charge < -0.3 is 14.8 Å². The first-order chi connectivity index (χ1) is 18.1. The van der Waals surface area contributed by atoms with Crippen molar-refractivity contribution in [1.82, 2.24) is 20.7 Å². The van der Waals surface area contributed by atoms with Crippen molar-refractivity contribution in [3.8, 4) is 0 Å². The molecule has 2 amide bonds. The standard InChI is InChI=1S/C29H38N4O5/c1-17(2)26-27(34)30-19(4)28(35)33-14-6-7-24(32-33)29(36)38-20(5)23-13-12-22-11-10-21(15-25(22)31-23)9-8-18(3)16-37-26/h8-13,15,17-20,24,26,32H,6-7,14,16H2,1-5H3,(H,30,34)/b9-8+/t18?,19-,20+,24-,26-/m0/s1. The van der Waals surface area contributed by atoms with Crippen molar-refractivity contribution < 1.29 is 23.9 Å². The maximum Gasteiger partial charge on any atom is 0.325 e. The van der Waals surface area contributed by atoms with Crippen LogP contribution in [0.5, 0.6) is 0 Å². The number of carbonyl (C=O) groups is 3. The van der Waals surface area contributed by atoms with Gasteiger partial charge in [-0.25, -0.2) is 10.4 Å². The molecule has 0 spiro atoms. The van der Waals surface area contributed by atoms with E-state index in [9.17, 15) is 14.4 Å². The van der Waals surface area contributed by atoms with Crippen molar-refractivity contribution in [3.05, 3.63) is 47.7 Å². The van der Waals surface area contributed by atoms with Gasteiger partial charge in [0.25, 0.3) is 5.91 Å². The van der Waals surface area contributed by atoms with Crippen molar-refractivity contribution in [2.75, 3.05) is 13.2 Å². The average molecular weight is 523 g/mol. The lowest BCUT2D eigenvalue weighted by Gasteiger charge is -2.35. The van der Waals surface area contributed by atoms with E-state index in [1.165, 1.54) is 5.01 Å². The number of carbonyl (C=O) groups excluding carboxylic acids is 3. The smallest absolute Gasteiger partial charge is 0.325 e. The van der Waals surface area contributed by atoms with Crippen molar-refractivity contribution in [1.29, 1.82) is 0 Å². The van der Waals surface area contributed by atoms with Crippen LogP contribution < -0.4 is 10.7 Å². The number of fused-ring (bicyclic) bond motifs is 4. The molecule has 3 heterocycles. The Balaban J connectivity index is 1.64. The molecule has 1 saturated heterocycles. The number of pyridine rings is 1. The second-order valence-electron chi connectivity index (χ2n) is 10.6. The molecule has 5 atom stereocenters.